The summed E-state index contributed by atoms with van der Waals surface area (Å²) in [4.78, 5) is 7.47. The van der Waals surface area contributed by atoms with Gasteiger partial charge in [-0.15, -0.1) is 0 Å². The van der Waals surface area contributed by atoms with E-state index in [4.69, 9.17) is 10.8 Å². The SMILES string of the molecule is CCCc1cc(O)nc(N)n1. The van der Waals surface area contributed by atoms with Crippen molar-refractivity contribution in [1.82, 2.24) is 9.97 Å². The van der Waals surface area contributed by atoms with E-state index >= 15 is 0 Å². The van der Waals surface area contributed by atoms with Gasteiger partial charge in [0.15, 0.2) is 0 Å². The van der Waals surface area contributed by atoms with E-state index in [1.54, 1.807) is 0 Å². The van der Waals surface area contributed by atoms with E-state index in [0.717, 1.165) is 18.5 Å². The highest BCUT2D eigenvalue weighted by molar-refractivity contribution is 5.24. The van der Waals surface area contributed by atoms with Gasteiger partial charge in [-0.1, -0.05) is 13.3 Å². The van der Waals surface area contributed by atoms with Crippen LogP contribution in [0.2, 0.25) is 0 Å². The summed E-state index contributed by atoms with van der Waals surface area (Å²) in [6.45, 7) is 2.04. The maximum absolute atomic E-state index is 8.99. The van der Waals surface area contributed by atoms with Crippen LogP contribution in [-0.2, 0) is 6.42 Å². The van der Waals surface area contributed by atoms with Gasteiger partial charge in [0.05, 0.1) is 0 Å². The number of hydrogen-bond acceptors (Lipinski definition) is 4. The first-order valence-electron chi connectivity index (χ1n) is 3.54. The van der Waals surface area contributed by atoms with E-state index < -0.39 is 0 Å². The second-order valence-corrected chi connectivity index (χ2v) is 2.33. The highest BCUT2D eigenvalue weighted by atomic mass is 16.3. The molecule has 0 aliphatic carbocycles. The summed E-state index contributed by atoms with van der Waals surface area (Å²) in [7, 11) is 0. The second kappa shape index (κ2) is 3.18. The van der Waals surface area contributed by atoms with Crippen molar-refractivity contribution in [3.05, 3.63) is 11.8 Å². The fraction of sp³-hybridized carbons (Fsp3) is 0.429. The molecule has 0 saturated heterocycles. The van der Waals surface area contributed by atoms with E-state index in [-0.39, 0.29) is 11.8 Å². The quantitative estimate of drug-likeness (QED) is 0.656. The topological polar surface area (TPSA) is 72.0 Å². The van der Waals surface area contributed by atoms with E-state index in [9.17, 15) is 0 Å². The van der Waals surface area contributed by atoms with Crippen molar-refractivity contribution in [1.29, 1.82) is 0 Å². The minimum Gasteiger partial charge on any atom is -0.493 e. The molecule has 0 bridgehead atoms. The lowest BCUT2D eigenvalue weighted by atomic mass is 10.2. The minimum atomic E-state index is -0.0547. The number of rotatable bonds is 2. The van der Waals surface area contributed by atoms with Crippen LogP contribution in [0.25, 0.3) is 0 Å². The number of aryl methyl sites for hydroxylation is 1. The molecule has 0 aliphatic rings. The van der Waals surface area contributed by atoms with E-state index in [1.165, 1.54) is 6.07 Å². The Morgan fingerprint density at radius 2 is 2.27 bits per heavy atom. The summed E-state index contributed by atoms with van der Waals surface area (Å²) in [5.74, 6) is 0.0781. The summed E-state index contributed by atoms with van der Waals surface area (Å²) in [5.41, 5.74) is 6.10. The standard InChI is InChI=1S/C7H11N3O/c1-2-3-5-4-6(11)10-7(8)9-5/h4H,2-3H2,1H3,(H3,8,9,10,11). The molecule has 4 heteroatoms. The van der Waals surface area contributed by atoms with Crippen LogP contribution in [0.3, 0.4) is 0 Å². The lowest BCUT2D eigenvalue weighted by Crippen LogP contribution is -1.98. The summed E-state index contributed by atoms with van der Waals surface area (Å²) in [6, 6.07) is 1.53. The third kappa shape index (κ3) is 2.07. The molecule has 0 aromatic carbocycles. The Morgan fingerprint density at radius 3 is 2.82 bits per heavy atom. The van der Waals surface area contributed by atoms with Gasteiger partial charge in [0, 0.05) is 11.8 Å². The number of nitrogen functional groups attached to an aromatic ring is 1. The molecular weight excluding hydrogens is 142 g/mol. The van der Waals surface area contributed by atoms with Crippen molar-refractivity contribution in [3.63, 3.8) is 0 Å². The van der Waals surface area contributed by atoms with Crippen LogP contribution in [0.4, 0.5) is 5.95 Å². The Labute approximate surface area is 65.1 Å². The fourth-order valence-corrected chi connectivity index (χ4v) is 0.887. The highest BCUT2D eigenvalue weighted by Gasteiger charge is 1.98. The zero-order chi connectivity index (χ0) is 8.27. The van der Waals surface area contributed by atoms with Crippen LogP contribution in [-0.4, -0.2) is 15.1 Å². The van der Waals surface area contributed by atoms with E-state index in [1.807, 2.05) is 6.92 Å². The average molecular weight is 153 g/mol. The van der Waals surface area contributed by atoms with Crippen LogP contribution in [0.15, 0.2) is 6.07 Å². The van der Waals surface area contributed by atoms with Crippen LogP contribution >= 0.6 is 0 Å². The normalized spacial score (nSPS) is 9.91. The Hall–Kier alpha value is -1.32. The third-order valence-corrected chi connectivity index (χ3v) is 1.29. The predicted octanol–water partition coefficient (Wildman–Crippen LogP) is 0.717. The van der Waals surface area contributed by atoms with Gasteiger partial charge in [0.2, 0.25) is 11.8 Å². The molecule has 0 unspecified atom stereocenters. The first-order valence-corrected chi connectivity index (χ1v) is 3.54. The number of aromatic nitrogens is 2. The summed E-state index contributed by atoms with van der Waals surface area (Å²) in [6.07, 6.45) is 1.80. The second-order valence-electron chi connectivity index (χ2n) is 2.33. The molecular formula is C7H11N3O. The Bertz CT molecular complexity index is 229. The largest absolute Gasteiger partial charge is 0.493 e. The molecule has 1 aromatic rings. The number of anilines is 1. The van der Waals surface area contributed by atoms with Crippen LogP contribution in [0.5, 0.6) is 5.88 Å². The molecule has 0 saturated carbocycles. The minimum absolute atomic E-state index is 0.0547. The molecule has 0 aliphatic heterocycles. The van der Waals surface area contributed by atoms with Gasteiger partial charge < -0.3 is 10.8 Å². The predicted molar refractivity (Wildman–Crippen MR) is 42.1 cm³/mol. The molecule has 4 nitrogen and oxygen atoms in total. The van der Waals surface area contributed by atoms with Gasteiger partial charge in [-0.3, -0.25) is 0 Å². The molecule has 0 atom stereocenters. The average Bonchev–Trinajstić information content (AvgIpc) is 1.85. The van der Waals surface area contributed by atoms with Gasteiger partial charge in [-0.05, 0) is 6.42 Å². The smallest absolute Gasteiger partial charge is 0.223 e. The molecule has 1 rings (SSSR count). The fourth-order valence-electron chi connectivity index (χ4n) is 0.887. The molecule has 0 amide bonds. The highest BCUT2D eigenvalue weighted by Crippen LogP contribution is 2.09. The molecule has 0 radical (unpaired) electrons. The number of aromatic hydroxyl groups is 1. The molecule has 60 valence electrons. The zero-order valence-electron chi connectivity index (χ0n) is 6.41. The number of nitrogens with two attached hydrogens (primary N) is 1. The van der Waals surface area contributed by atoms with Gasteiger partial charge in [0.1, 0.15) is 0 Å². The van der Waals surface area contributed by atoms with Crippen molar-refractivity contribution >= 4 is 5.95 Å². The molecule has 1 aromatic heterocycles. The summed E-state index contributed by atoms with van der Waals surface area (Å²) >= 11 is 0. The van der Waals surface area contributed by atoms with Gasteiger partial charge in [-0.2, -0.15) is 4.98 Å². The van der Waals surface area contributed by atoms with Crippen LogP contribution < -0.4 is 5.73 Å². The van der Waals surface area contributed by atoms with Crippen molar-refractivity contribution in [2.24, 2.45) is 0 Å². The lowest BCUT2D eigenvalue weighted by molar-refractivity contribution is 0.452. The molecule has 11 heavy (non-hydrogen) atoms. The maximum Gasteiger partial charge on any atom is 0.223 e. The maximum atomic E-state index is 8.99. The Balaban J connectivity index is 2.89. The van der Waals surface area contributed by atoms with Crippen molar-refractivity contribution in [2.45, 2.75) is 19.8 Å². The van der Waals surface area contributed by atoms with Crippen molar-refractivity contribution in [2.75, 3.05) is 5.73 Å². The molecule has 3 N–H and O–H groups in total. The van der Waals surface area contributed by atoms with Crippen LogP contribution in [0.1, 0.15) is 19.0 Å². The van der Waals surface area contributed by atoms with E-state index in [0.29, 0.717) is 0 Å². The summed E-state index contributed by atoms with van der Waals surface area (Å²) in [5, 5.41) is 8.99. The number of nitrogens with zero attached hydrogens (tertiary/aromatic N) is 2. The van der Waals surface area contributed by atoms with Gasteiger partial charge in [0.25, 0.3) is 0 Å². The molecule has 0 spiro atoms. The van der Waals surface area contributed by atoms with Gasteiger partial charge >= 0.3 is 0 Å². The lowest BCUT2D eigenvalue weighted by Gasteiger charge is -1.98. The summed E-state index contributed by atoms with van der Waals surface area (Å²) < 4.78 is 0. The first kappa shape index (κ1) is 7.78. The third-order valence-electron chi connectivity index (χ3n) is 1.29. The first-order chi connectivity index (χ1) is 5.22. The Kier molecular flexibility index (Phi) is 2.25. The zero-order valence-corrected chi connectivity index (χ0v) is 6.41. The van der Waals surface area contributed by atoms with Crippen molar-refractivity contribution in [3.8, 4) is 5.88 Å². The Morgan fingerprint density at radius 1 is 1.55 bits per heavy atom. The monoisotopic (exact) mass is 153 g/mol. The van der Waals surface area contributed by atoms with Crippen molar-refractivity contribution < 1.29 is 5.11 Å². The number of hydrogen-bond donors (Lipinski definition) is 2. The molecule has 1 heterocycles. The van der Waals surface area contributed by atoms with E-state index in [2.05, 4.69) is 9.97 Å². The van der Waals surface area contributed by atoms with Crippen LogP contribution in [0, 0.1) is 0 Å². The van der Waals surface area contributed by atoms with Gasteiger partial charge in [-0.25, -0.2) is 4.98 Å². The molecule has 0 fully saturated rings.